The molecule has 3 aromatic heterocycles. The number of benzene rings is 2. The third kappa shape index (κ3) is 4.37. The van der Waals surface area contributed by atoms with Crippen molar-refractivity contribution < 1.29 is 4.74 Å². The van der Waals surface area contributed by atoms with Gasteiger partial charge in [0.05, 0.1) is 12.7 Å². The molecule has 5 rings (SSSR count). The van der Waals surface area contributed by atoms with Crippen molar-refractivity contribution in [2.24, 2.45) is 0 Å². The maximum absolute atomic E-state index is 5.94. The number of H-pyrrole nitrogens is 1. The Morgan fingerprint density at radius 3 is 2.71 bits per heavy atom. The van der Waals surface area contributed by atoms with Gasteiger partial charge in [0, 0.05) is 12.6 Å². The van der Waals surface area contributed by atoms with Gasteiger partial charge in [-0.2, -0.15) is 15.4 Å². The summed E-state index contributed by atoms with van der Waals surface area (Å²) in [5, 5.41) is 15.3. The van der Waals surface area contributed by atoms with Crippen LogP contribution in [-0.4, -0.2) is 30.2 Å². The topological polar surface area (TPSA) is 108 Å². The van der Waals surface area contributed by atoms with Gasteiger partial charge >= 0.3 is 0 Å². The fourth-order valence-electron chi connectivity index (χ4n) is 3.52. The number of nitrogens with zero attached hydrogens (tertiary/aromatic N) is 5. The Hall–Kier alpha value is -4.20. The molecule has 0 aliphatic rings. The van der Waals surface area contributed by atoms with Gasteiger partial charge in [0.25, 0.3) is 0 Å². The lowest BCUT2D eigenvalue weighted by Gasteiger charge is -2.08. The van der Waals surface area contributed by atoms with Gasteiger partial charge in [-0.1, -0.05) is 42.5 Å². The molecular weight excluding hydrogens is 390 g/mol. The molecule has 31 heavy (non-hydrogen) atoms. The number of hydrogen-bond donors (Lipinski definition) is 2. The summed E-state index contributed by atoms with van der Waals surface area (Å²) in [5.74, 6) is 1.27. The van der Waals surface area contributed by atoms with Gasteiger partial charge in [0.1, 0.15) is 23.7 Å². The molecule has 0 radical (unpaired) electrons. The fourth-order valence-corrected chi connectivity index (χ4v) is 3.52. The van der Waals surface area contributed by atoms with E-state index in [1.807, 2.05) is 59.5 Å². The smallest absolute Gasteiger partial charge is 0.203 e. The summed E-state index contributed by atoms with van der Waals surface area (Å²) in [6.45, 7) is 1.20. The number of fused-ring (bicyclic) bond motifs is 1. The number of aromatic amines is 1. The highest BCUT2D eigenvalue weighted by atomic mass is 16.5. The Labute approximate surface area is 178 Å². The predicted molar refractivity (Wildman–Crippen MR) is 117 cm³/mol. The highest BCUT2D eigenvalue weighted by Crippen LogP contribution is 2.20. The molecule has 0 atom stereocenters. The molecule has 2 aromatic carbocycles. The lowest BCUT2D eigenvalue weighted by Crippen LogP contribution is -2.01. The van der Waals surface area contributed by atoms with E-state index >= 15 is 0 Å². The second kappa shape index (κ2) is 8.27. The van der Waals surface area contributed by atoms with Crippen LogP contribution in [-0.2, 0) is 19.6 Å². The van der Waals surface area contributed by atoms with E-state index in [0.717, 1.165) is 33.5 Å². The molecular formula is C23H21N7O. The van der Waals surface area contributed by atoms with Crippen LogP contribution >= 0.6 is 0 Å². The monoisotopic (exact) mass is 411 g/mol. The van der Waals surface area contributed by atoms with E-state index in [1.54, 1.807) is 0 Å². The second-order valence-electron chi connectivity index (χ2n) is 7.35. The van der Waals surface area contributed by atoms with Crippen molar-refractivity contribution in [1.29, 1.82) is 0 Å². The van der Waals surface area contributed by atoms with E-state index in [4.69, 9.17) is 10.5 Å². The number of anilines is 1. The minimum absolute atomic E-state index is 0.427. The van der Waals surface area contributed by atoms with Crippen molar-refractivity contribution in [2.45, 2.75) is 19.6 Å². The molecule has 0 amide bonds. The third-order valence-electron chi connectivity index (χ3n) is 4.96. The molecule has 0 fully saturated rings. The molecule has 5 aromatic rings. The number of pyridine rings is 1. The minimum Gasteiger partial charge on any atom is -0.489 e. The van der Waals surface area contributed by atoms with Crippen molar-refractivity contribution in [3.05, 3.63) is 95.3 Å². The molecule has 0 bridgehead atoms. The van der Waals surface area contributed by atoms with E-state index in [-0.39, 0.29) is 0 Å². The Kier molecular flexibility index (Phi) is 5.02. The van der Waals surface area contributed by atoms with Gasteiger partial charge in [-0.25, -0.2) is 4.98 Å². The van der Waals surface area contributed by atoms with Crippen LogP contribution in [0.15, 0.2) is 73.1 Å². The largest absolute Gasteiger partial charge is 0.489 e. The number of rotatable bonds is 7. The van der Waals surface area contributed by atoms with Gasteiger partial charge < -0.3 is 10.5 Å². The Bertz CT molecular complexity index is 1310. The van der Waals surface area contributed by atoms with Crippen LogP contribution in [0.1, 0.15) is 22.3 Å². The van der Waals surface area contributed by atoms with Crippen molar-refractivity contribution >= 4 is 17.0 Å². The summed E-state index contributed by atoms with van der Waals surface area (Å²) in [4.78, 5) is 4.18. The molecule has 154 valence electrons. The van der Waals surface area contributed by atoms with Gasteiger partial charge in [0.15, 0.2) is 0 Å². The average molecular weight is 411 g/mol. The van der Waals surface area contributed by atoms with E-state index in [2.05, 4.69) is 43.7 Å². The Morgan fingerprint density at radius 1 is 0.935 bits per heavy atom. The quantitative estimate of drug-likeness (QED) is 0.425. The Morgan fingerprint density at radius 2 is 1.81 bits per heavy atom. The minimum atomic E-state index is 0.427. The summed E-state index contributed by atoms with van der Waals surface area (Å²) in [7, 11) is 0. The second-order valence-corrected chi connectivity index (χ2v) is 7.35. The molecule has 0 aliphatic carbocycles. The first-order valence-electron chi connectivity index (χ1n) is 9.96. The van der Waals surface area contributed by atoms with E-state index in [1.165, 1.54) is 0 Å². The molecule has 0 saturated heterocycles. The number of aromatic nitrogens is 6. The lowest BCUT2D eigenvalue weighted by atomic mass is 10.1. The fraction of sp³-hybridized carbons (Fsp3) is 0.130. The van der Waals surface area contributed by atoms with Gasteiger partial charge in [-0.3, -0.25) is 4.68 Å². The van der Waals surface area contributed by atoms with Gasteiger partial charge in [-0.05, 0) is 40.5 Å². The van der Waals surface area contributed by atoms with Crippen LogP contribution < -0.4 is 10.5 Å². The number of nitrogens with two attached hydrogens (primary N) is 1. The lowest BCUT2D eigenvalue weighted by molar-refractivity contribution is 0.306. The molecule has 3 N–H and O–H groups in total. The predicted octanol–water partition coefficient (Wildman–Crippen LogP) is 3.35. The van der Waals surface area contributed by atoms with Crippen LogP contribution in [0.4, 0.5) is 5.82 Å². The number of ether oxygens (including phenoxy) is 1. The zero-order valence-electron chi connectivity index (χ0n) is 16.8. The molecule has 0 unspecified atom stereocenters. The van der Waals surface area contributed by atoms with E-state index < -0.39 is 0 Å². The molecule has 0 aliphatic heterocycles. The van der Waals surface area contributed by atoms with Crippen molar-refractivity contribution in [3.63, 3.8) is 0 Å². The first kappa shape index (κ1) is 18.8. The highest BCUT2D eigenvalue weighted by molar-refractivity contribution is 5.76. The zero-order chi connectivity index (χ0) is 21.0. The maximum atomic E-state index is 5.94. The highest BCUT2D eigenvalue weighted by Gasteiger charge is 2.10. The zero-order valence-corrected chi connectivity index (χ0v) is 16.8. The maximum Gasteiger partial charge on any atom is 0.203 e. The summed E-state index contributed by atoms with van der Waals surface area (Å²) in [6, 6.07) is 20.1. The number of hydrogen-bond acceptors (Lipinski definition) is 6. The molecule has 8 heteroatoms. The first-order chi connectivity index (χ1) is 15.2. The standard InChI is InChI=1S/C23H21N7O/c24-21-11-19(22-23(26-21)28-29-27-22)9-18-12-25-30(14-18)13-17-7-4-8-20(10-17)31-15-16-5-2-1-3-6-16/h1-8,10-12,14H,9,13,15H2,(H3,24,26,27,28,29). The van der Waals surface area contributed by atoms with Crippen LogP contribution in [0.25, 0.3) is 11.2 Å². The van der Waals surface area contributed by atoms with Crippen molar-refractivity contribution in [2.75, 3.05) is 5.73 Å². The number of nitrogen functional groups attached to an aromatic ring is 1. The molecule has 8 nitrogen and oxygen atoms in total. The first-order valence-corrected chi connectivity index (χ1v) is 9.96. The van der Waals surface area contributed by atoms with Crippen LogP contribution in [0, 0.1) is 0 Å². The molecule has 0 saturated carbocycles. The van der Waals surface area contributed by atoms with E-state index in [0.29, 0.717) is 31.0 Å². The SMILES string of the molecule is Nc1cc(Cc2cnn(Cc3cccc(OCc4ccccc4)c3)c2)c2n[nH]nc2n1. The van der Waals surface area contributed by atoms with Crippen LogP contribution in [0.3, 0.4) is 0 Å². The molecule has 3 heterocycles. The Balaban J connectivity index is 1.27. The number of nitrogens with one attached hydrogen (secondary N) is 1. The van der Waals surface area contributed by atoms with Crippen LogP contribution in [0.2, 0.25) is 0 Å². The van der Waals surface area contributed by atoms with Crippen molar-refractivity contribution in [1.82, 2.24) is 30.2 Å². The average Bonchev–Trinajstić information content (AvgIpc) is 3.43. The summed E-state index contributed by atoms with van der Waals surface area (Å²) >= 11 is 0. The van der Waals surface area contributed by atoms with Gasteiger partial charge in [0.2, 0.25) is 5.65 Å². The third-order valence-corrected chi connectivity index (χ3v) is 4.96. The van der Waals surface area contributed by atoms with Gasteiger partial charge in [-0.15, -0.1) is 5.10 Å². The van der Waals surface area contributed by atoms with Crippen LogP contribution in [0.5, 0.6) is 5.75 Å². The van der Waals surface area contributed by atoms with E-state index in [9.17, 15) is 0 Å². The summed E-state index contributed by atoms with van der Waals surface area (Å²) in [6.07, 6.45) is 4.54. The summed E-state index contributed by atoms with van der Waals surface area (Å²) in [5.41, 5.74) is 11.4. The van der Waals surface area contributed by atoms with Crippen molar-refractivity contribution in [3.8, 4) is 5.75 Å². The normalized spacial score (nSPS) is 11.1. The summed E-state index contributed by atoms with van der Waals surface area (Å²) < 4.78 is 7.85. The molecule has 0 spiro atoms.